The van der Waals surface area contributed by atoms with Crippen LogP contribution in [0, 0.1) is 5.92 Å². The number of anilines is 1. The van der Waals surface area contributed by atoms with Crippen LogP contribution in [0.5, 0.6) is 0 Å². The maximum atomic E-state index is 13.5. The molecule has 1 amide bonds. The summed E-state index contributed by atoms with van der Waals surface area (Å²) in [4.78, 5) is 20.3. The third kappa shape index (κ3) is 5.29. The van der Waals surface area contributed by atoms with Gasteiger partial charge in [-0.05, 0) is 57.9 Å². The molecule has 0 aliphatic carbocycles. The van der Waals surface area contributed by atoms with Crippen LogP contribution < -0.4 is 5.32 Å². The fourth-order valence-electron chi connectivity index (χ4n) is 5.17. The molecule has 1 aliphatic rings. The quantitative estimate of drug-likeness (QED) is 0.220. The first-order valence-electron chi connectivity index (χ1n) is 13.1. The minimum atomic E-state index is 0.0995. The second-order valence-electron chi connectivity index (χ2n) is 9.76. The smallest absolute Gasteiger partial charge is 0.254 e. The molecule has 0 spiro atoms. The summed E-state index contributed by atoms with van der Waals surface area (Å²) in [5.41, 5.74) is 5.19. The number of hydrogen-bond acceptors (Lipinski definition) is 4. The zero-order valence-electron chi connectivity index (χ0n) is 21.2. The number of hydrogen-bond donors (Lipinski definition) is 1. The highest BCUT2D eigenvalue weighted by molar-refractivity contribution is 9.10. The Balaban J connectivity index is 1.15. The first-order valence-corrected chi connectivity index (χ1v) is 14.2. The molecular weight excluding hydrogens is 574 g/mol. The van der Waals surface area contributed by atoms with Crippen LogP contribution in [0.3, 0.4) is 0 Å². The lowest BCUT2D eigenvalue weighted by molar-refractivity contribution is 0.0695. The molecular formula is C31H27BrClN5O. The first kappa shape index (κ1) is 25.6. The van der Waals surface area contributed by atoms with Crippen molar-refractivity contribution in [1.29, 1.82) is 0 Å². The Hall–Kier alpha value is -3.68. The van der Waals surface area contributed by atoms with Gasteiger partial charge in [0.1, 0.15) is 5.82 Å². The number of nitrogens with zero attached hydrogens (tertiary/aromatic N) is 4. The van der Waals surface area contributed by atoms with E-state index in [1.165, 1.54) is 0 Å². The molecule has 196 valence electrons. The van der Waals surface area contributed by atoms with E-state index in [1.807, 2.05) is 82.2 Å². The molecule has 39 heavy (non-hydrogen) atoms. The van der Waals surface area contributed by atoms with Crippen LogP contribution in [-0.2, 0) is 0 Å². The number of carbonyl (C=O) groups excluding carboxylic acids is 1. The molecule has 0 saturated carbocycles. The molecule has 1 aliphatic heterocycles. The predicted octanol–water partition coefficient (Wildman–Crippen LogP) is 7.44. The number of halogens is 2. The summed E-state index contributed by atoms with van der Waals surface area (Å²) in [6.45, 7) is 2.25. The van der Waals surface area contributed by atoms with Gasteiger partial charge in [-0.2, -0.15) is 9.61 Å². The topological polar surface area (TPSA) is 62.5 Å². The summed E-state index contributed by atoms with van der Waals surface area (Å²) in [6.07, 6.45) is 3.61. The number of fused-ring (bicyclic) bond motifs is 1. The average Bonchev–Trinajstić information content (AvgIpc) is 3.37. The molecule has 1 N–H and O–H groups in total. The van der Waals surface area contributed by atoms with Crippen molar-refractivity contribution in [2.45, 2.75) is 12.8 Å². The summed E-state index contributed by atoms with van der Waals surface area (Å²) in [5.74, 6) is 1.39. The van der Waals surface area contributed by atoms with Gasteiger partial charge in [0.15, 0.2) is 5.65 Å². The van der Waals surface area contributed by atoms with E-state index in [2.05, 4.69) is 38.5 Å². The van der Waals surface area contributed by atoms with Gasteiger partial charge in [0, 0.05) is 41.9 Å². The lowest BCUT2D eigenvalue weighted by atomic mass is 9.94. The lowest BCUT2D eigenvalue weighted by Gasteiger charge is -2.32. The minimum Gasteiger partial charge on any atom is -0.370 e. The van der Waals surface area contributed by atoms with E-state index in [0.29, 0.717) is 10.9 Å². The van der Waals surface area contributed by atoms with Gasteiger partial charge in [-0.15, -0.1) is 0 Å². The van der Waals surface area contributed by atoms with Gasteiger partial charge in [-0.1, -0.05) is 78.3 Å². The zero-order valence-corrected chi connectivity index (χ0v) is 23.6. The molecule has 6 rings (SSSR count). The SMILES string of the molecule is O=C(c1ccccc1-c1ccccc1)N1CCC(CNc2cc(-c3ccccc3Cl)nc3c(Br)cnn23)CC1. The maximum absolute atomic E-state index is 13.5. The van der Waals surface area contributed by atoms with Gasteiger partial charge in [-0.3, -0.25) is 4.79 Å². The highest BCUT2D eigenvalue weighted by Crippen LogP contribution is 2.31. The molecule has 0 unspecified atom stereocenters. The van der Waals surface area contributed by atoms with E-state index in [0.717, 1.165) is 76.4 Å². The van der Waals surface area contributed by atoms with Crippen molar-refractivity contribution >= 4 is 44.9 Å². The number of aromatic nitrogens is 3. The molecule has 3 aromatic carbocycles. The van der Waals surface area contributed by atoms with Crippen LogP contribution in [0.25, 0.3) is 28.0 Å². The predicted molar refractivity (Wildman–Crippen MR) is 160 cm³/mol. The van der Waals surface area contributed by atoms with Crippen molar-refractivity contribution in [3.05, 3.63) is 106 Å². The van der Waals surface area contributed by atoms with Crippen LogP contribution in [0.1, 0.15) is 23.2 Å². The Morgan fingerprint density at radius 3 is 2.41 bits per heavy atom. The highest BCUT2D eigenvalue weighted by Gasteiger charge is 2.25. The molecule has 0 atom stereocenters. The largest absolute Gasteiger partial charge is 0.370 e. The van der Waals surface area contributed by atoms with E-state index >= 15 is 0 Å². The van der Waals surface area contributed by atoms with Gasteiger partial charge >= 0.3 is 0 Å². The Morgan fingerprint density at radius 2 is 1.64 bits per heavy atom. The Labute approximate surface area is 240 Å². The molecule has 1 fully saturated rings. The highest BCUT2D eigenvalue weighted by atomic mass is 79.9. The Morgan fingerprint density at radius 1 is 0.949 bits per heavy atom. The summed E-state index contributed by atoms with van der Waals surface area (Å²) in [7, 11) is 0. The number of piperidine rings is 1. The molecule has 0 bridgehead atoms. The number of amides is 1. The first-order chi connectivity index (χ1) is 19.1. The molecule has 3 heterocycles. The third-order valence-corrected chi connectivity index (χ3v) is 8.18. The Kier molecular flexibility index (Phi) is 7.35. The summed E-state index contributed by atoms with van der Waals surface area (Å²) < 4.78 is 2.63. The van der Waals surface area contributed by atoms with Crippen LogP contribution >= 0.6 is 27.5 Å². The van der Waals surface area contributed by atoms with E-state index < -0.39 is 0 Å². The second-order valence-corrected chi connectivity index (χ2v) is 11.0. The molecule has 0 radical (unpaired) electrons. The molecule has 6 nitrogen and oxygen atoms in total. The van der Waals surface area contributed by atoms with Gasteiger partial charge in [0.2, 0.25) is 0 Å². The summed E-state index contributed by atoms with van der Waals surface area (Å²) >= 11 is 10.0. The van der Waals surface area contributed by atoms with Crippen molar-refractivity contribution in [3.63, 3.8) is 0 Å². The van der Waals surface area contributed by atoms with Crippen LogP contribution in [-0.4, -0.2) is 45.0 Å². The van der Waals surface area contributed by atoms with Crippen molar-refractivity contribution in [3.8, 4) is 22.4 Å². The van der Waals surface area contributed by atoms with Crippen molar-refractivity contribution in [2.75, 3.05) is 25.0 Å². The Bertz CT molecular complexity index is 1630. The van der Waals surface area contributed by atoms with E-state index in [9.17, 15) is 4.79 Å². The van der Waals surface area contributed by atoms with E-state index in [4.69, 9.17) is 16.6 Å². The average molecular weight is 601 g/mol. The number of likely N-dealkylation sites (tertiary alicyclic amines) is 1. The number of carbonyl (C=O) groups is 1. The van der Waals surface area contributed by atoms with Crippen molar-refractivity contribution in [2.24, 2.45) is 5.92 Å². The summed E-state index contributed by atoms with van der Waals surface area (Å²) in [5, 5.41) is 8.75. The molecule has 5 aromatic rings. The van der Waals surface area contributed by atoms with Gasteiger partial charge in [0.05, 0.1) is 16.4 Å². The van der Waals surface area contributed by atoms with Crippen LogP contribution in [0.4, 0.5) is 5.82 Å². The number of benzene rings is 3. The van der Waals surface area contributed by atoms with E-state index in [1.54, 1.807) is 6.20 Å². The standard InChI is InChI=1S/C31H27BrClN5O/c32-26-20-35-38-29(18-28(36-30(26)38)25-12-6-7-13-27(25)33)34-19-21-14-16-37(17-15-21)31(39)24-11-5-4-10-23(24)22-8-2-1-3-9-22/h1-13,18,20-21,34H,14-17,19H2. The van der Waals surface area contributed by atoms with Gasteiger partial charge in [-0.25, -0.2) is 4.98 Å². The maximum Gasteiger partial charge on any atom is 0.254 e. The fourth-order valence-corrected chi connectivity index (χ4v) is 5.75. The normalized spacial score (nSPS) is 14.1. The van der Waals surface area contributed by atoms with Gasteiger partial charge < -0.3 is 10.2 Å². The number of rotatable bonds is 6. The monoisotopic (exact) mass is 599 g/mol. The van der Waals surface area contributed by atoms with Crippen LogP contribution in [0.15, 0.2) is 95.6 Å². The zero-order chi connectivity index (χ0) is 26.8. The molecule has 2 aromatic heterocycles. The third-order valence-electron chi connectivity index (χ3n) is 7.29. The minimum absolute atomic E-state index is 0.0995. The van der Waals surface area contributed by atoms with Gasteiger partial charge in [0.25, 0.3) is 5.91 Å². The van der Waals surface area contributed by atoms with Crippen molar-refractivity contribution < 1.29 is 4.79 Å². The molecule has 1 saturated heterocycles. The molecule has 8 heteroatoms. The number of nitrogens with one attached hydrogen (secondary N) is 1. The lowest BCUT2D eigenvalue weighted by Crippen LogP contribution is -2.40. The summed E-state index contributed by atoms with van der Waals surface area (Å²) in [6, 6.07) is 27.7. The van der Waals surface area contributed by atoms with E-state index in [-0.39, 0.29) is 5.91 Å². The van der Waals surface area contributed by atoms with Crippen molar-refractivity contribution in [1.82, 2.24) is 19.5 Å². The fraction of sp³-hybridized carbons (Fsp3) is 0.194. The van der Waals surface area contributed by atoms with Crippen LogP contribution in [0.2, 0.25) is 5.02 Å². The second kappa shape index (κ2) is 11.2.